The Morgan fingerprint density at radius 1 is 1.29 bits per heavy atom. The molecule has 5 heteroatoms. The normalized spacial score (nSPS) is 10.8. The van der Waals surface area contributed by atoms with Gasteiger partial charge in [-0.1, -0.05) is 18.2 Å². The largest absolute Gasteiger partial charge is 0.481 e. The smallest absolute Gasteiger partial charge is 0.303 e. The van der Waals surface area contributed by atoms with Gasteiger partial charge in [-0.2, -0.15) is 0 Å². The van der Waals surface area contributed by atoms with E-state index in [9.17, 15) is 9.59 Å². The lowest BCUT2D eigenvalue weighted by Gasteiger charge is -2.16. The first-order valence-electron chi connectivity index (χ1n) is 7.09. The molecule has 0 radical (unpaired) electrons. The maximum Gasteiger partial charge on any atom is 0.303 e. The summed E-state index contributed by atoms with van der Waals surface area (Å²) in [4.78, 5) is 24.6. The number of rotatable bonds is 6. The summed E-state index contributed by atoms with van der Waals surface area (Å²) in [6, 6.07) is 7.82. The zero-order chi connectivity index (χ0) is 15.4. The van der Waals surface area contributed by atoms with Gasteiger partial charge in [-0.05, 0) is 19.4 Å². The third-order valence-electron chi connectivity index (χ3n) is 3.59. The van der Waals surface area contributed by atoms with E-state index in [-0.39, 0.29) is 12.3 Å². The van der Waals surface area contributed by atoms with E-state index in [0.29, 0.717) is 18.5 Å². The van der Waals surface area contributed by atoms with Crippen molar-refractivity contribution in [1.29, 1.82) is 0 Å². The molecule has 0 aliphatic carbocycles. The number of aromatic nitrogens is 1. The highest BCUT2D eigenvalue weighted by atomic mass is 16.4. The summed E-state index contributed by atoms with van der Waals surface area (Å²) >= 11 is 0. The summed E-state index contributed by atoms with van der Waals surface area (Å²) in [5.74, 6) is -0.901. The van der Waals surface area contributed by atoms with E-state index in [0.717, 1.165) is 17.4 Å². The fraction of sp³-hybridized carbons (Fsp3) is 0.375. The molecule has 0 unspecified atom stereocenters. The SMILES string of the molecule is CCn1cc(C(=O)N(C)CCCC(=O)O)c2ccccc21. The number of benzene rings is 1. The quantitative estimate of drug-likeness (QED) is 0.888. The third-order valence-corrected chi connectivity index (χ3v) is 3.59. The van der Waals surface area contributed by atoms with Crippen LogP contribution in [-0.2, 0) is 11.3 Å². The number of hydrogen-bond acceptors (Lipinski definition) is 2. The molecule has 112 valence electrons. The average molecular weight is 288 g/mol. The molecule has 1 aromatic heterocycles. The first kappa shape index (κ1) is 15.1. The van der Waals surface area contributed by atoms with E-state index in [1.165, 1.54) is 0 Å². The van der Waals surface area contributed by atoms with E-state index >= 15 is 0 Å². The summed E-state index contributed by atoms with van der Waals surface area (Å²) in [6.07, 6.45) is 2.42. The highest BCUT2D eigenvalue weighted by Crippen LogP contribution is 2.22. The van der Waals surface area contributed by atoms with Crippen molar-refractivity contribution in [2.75, 3.05) is 13.6 Å². The predicted octanol–water partition coefficient (Wildman–Crippen LogP) is 2.60. The first-order chi connectivity index (χ1) is 10.0. The molecule has 0 bridgehead atoms. The van der Waals surface area contributed by atoms with Crippen molar-refractivity contribution >= 4 is 22.8 Å². The van der Waals surface area contributed by atoms with Crippen LogP contribution in [0.3, 0.4) is 0 Å². The molecule has 1 N–H and O–H groups in total. The summed E-state index contributed by atoms with van der Waals surface area (Å²) in [5.41, 5.74) is 1.72. The van der Waals surface area contributed by atoms with E-state index < -0.39 is 5.97 Å². The molecule has 0 fully saturated rings. The Morgan fingerprint density at radius 3 is 2.67 bits per heavy atom. The number of aliphatic carboxylic acids is 1. The standard InChI is InChI=1S/C16H20N2O3/c1-3-18-11-13(12-7-4-5-8-14(12)18)16(21)17(2)10-6-9-15(19)20/h4-5,7-8,11H,3,6,9-10H2,1-2H3,(H,19,20). The maximum atomic E-state index is 12.5. The second-order valence-electron chi connectivity index (χ2n) is 5.07. The van der Waals surface area contributed by atoms with Crippen LogP contribution in [0.1, 0.15) is 30.1 Å². The third kappa shape index (κ3) is 3.24. The monoisotopic (exact) mass is 288 g/mol. The van der Waals surface area contributed by atoms with Crippen LogP contribution >= 0.6 is 0 Å². The average Bonchev–Trinajstić information content (AvgIpc) is 2.84. The fourth-order valence-electron chi connectivity index (χ4n) is 2.45. The number of amides is 1. The van der Waals surface area contributed by atoms with Gasteiger partial charge in [-0.15, -0.1) is 0 Å². The summed E-state index contributed by atoms with van der Waals surface area (Å²) in [7, 11) is 1.71. The van der Waals surface area contributed by atoms with Gasteiger partial charge in [0.25, 0.3) is 5.91 Å². The minimum absolute atomic E-state index is 0.0659. The minimum atomic E-state index is -0.835. The molecule has 0 aliphatic heterocycles. The van der Waals surface area contributed by atoms with Crippen molar-refractivity contribution in [3.05, 3.63) is 36.0 Å². The van der Waals surface area contributed by atoms with Crippen LogP contribution in [-0.4, -0.2) is 40.0 Å². The van der Waals surface area contributed by atoms with Crippen LogP contribution < -0.4 is 0 Å². The van der Waals surface area contributed by atoms with Crippen LogP contribution in [0.25, 0.3) is 10.9 Å². The van der Waals surface area contributed by atoms with Crippen LogP contribution in [0, 0.1) is 0 Å². The number of aryl methyl sites for hydroxylation is 1. The van der Waals surface area contributed by atoms with E-state index in [4.69, 9.17) is 5.11 Å². The zero-order valence-corrected chi connectivity index (χ0v) is 12.4. The summed E-state index contributed by atoms with van der Waals surface area (Å²) in [5, 5.41) is 9.59. The van der Waals surface area contributed by atoms with E-state index in [1.807, 2.05) is 42.0 Å². The molecule has 0 spiro atoms. The van der Waals surface area contributed by atoms with Crippen molar-refractivity contribution in [1.82, 2.24) is 9.47 Å². The Labute approximate surface area is 123 Å². The second-order valence-corrected chi connectivity index (χ2v) is 5.07. The maximum absolute atomic E-state index is 12.5. The summed E-state index contributed by atoms with van der Waals surface area (Å²) in [6.45, 7) is 3.28. The van der Waals surface area contributed by atoms with Crippen LogP contribution in [0.15, 0.2) is 30.5 Å². The van der Waals surface area contributed by atoms with Gasteiger partial charge in [-0.25, -0.2) is 0 Å². The zero-order valence-electron chi connectivity index (χ0n) is 12.4. The summed E-state index contributed by atoms with van der Waals surface area (Å²) < 4.78 is 2.05. The number of hydrogen-bond donors (Lipinski definition) is 1. The molecule has 5 nitrogen and oxygen atoms in total. The minimum Gasteiger partial charge on any atom is -0.481 e. The molecular weight excluding hydrogens is 268 g/mol. The fourth-order valence-corrected chi connectivity index (χ4v) is 2.45. The van der Waals surface area contributed by atoms with E-state index in [1.54, 1.807) is 11.9 Å². The lowest BCUT2D eigenvalue weighted by Crippen LogP contribution is -2.28. The van der Waals surface area contributed by atoms with Crippen molar-refractivity contribution in [3.63, 3.8) is 0 Å². The van der Waals surface area contributed by atoms with Crippen LogP contribution in [0.4, 0.5) is 0 Å². The van der Waals surface area contributed by atoms with Gasteiger partial charge in [-0.3, -0.25) is 9.59 Å². The molecule has 1 heterocycles. The molecule has 2 rings (SSSR count). The molecule has 0 aliphatic rings. The Morgan fingerprint density at radius 2 is 2.00 bits per heavy atom. The van der Waals surface area contributed by atoms with Crippen molar-refractivity contribution < 1.29 is 14.7 Å². The predicted molar refractivity (Wildman–Crippen MR) is 81.4 cm³/mol. The second kappa shape index (κ2) is 6.43. The Hall–Kier alpha value is -2.30. The number of carbonyl (C=O) groups excluding carboxylic acids is 1. The lowest BCUT2D eigenvalue weighted by molar-refractivity contribution is -0.137. The van der Waals surface area contributed by atoms with Crippen LogP contribution in [0.5, 0.6) is 0 Å². The topological polar surface area (TPSA) is 62.5 Å². The van der Waals surface area contributed by atoms with Crippen molar-refractivity contribution in [3.8, 4) is 0 Å². The highest BCUT2D eigenvalue weighted by Gasteiger charge is 2.17. The highest BCUT2D eigenvalue weighted by molar-refractivity contribution is 6.06. The molecule has 21 heavy (non-hydrogen) atoms. The molecule has 1 aromatic carbocycles. The molecule has 0 saturated carbocycles. The number of nitrogens with zero attached hydrogens (tertiary/aromatic N) is 2. The van der Waals surface area contributed by atoms with Gasteiger partial charge in [0.15, 0.2) is 0 Å². The molecular formula is C16H20N2O3. The number of para-hydroxylation sites is 1. The number of carboxylic acid groups (broad SMARTS) is 1. The van der Waals surface area contributed by atoms with Gasteiger partial charge in [0.2, 0.25) is 0 Å². The van der Waals surface area contributed by atoms with Gasteiger partial charge in [0.1, 0.15) is 0 Å². The molecule has 2 aromatic rings. The van der Waals surface area contributed by atoms with Crippen LogP contribution in [0.2, 0.25) is 0 Å². The van der Waals surface area contributed by atoms with Crippen molar-refractivity contribution in [2.45, 2.75) is 26.3 Å². The van der Waals surface area contributed by atoms with Gasteiger partial charge in [0, 0.05) is 43.7 Å². The number of carbonyl (C=O) groups is 2. The molecule has 0 saturated heterocycles. The Kier molecular flexibility index (Phi) is 4.62. The van der Waals surface area contributed by atoms with E-state index in [2.05, 4.69) is 0 Å². The first-order valence-corrected chi connectivity index (χ1v) is 7.09. The number of carboxylic acids is 1. The van der Waals surface area contributed by atoms with Gasteiger partial charge < -0.3 is 14.6 Å². The van der Waals surface area contributed by atoms with Gasteiger partial charge >= 0.3 is 5.97 Å². The van der Waals surface area contributed by atoms with Crippen molar-refractivity contribution in [2.24, 2.45) is 0 Å². The molecule has 1 amide bonds. The Balaban J connectivity index is 2.21. The lowest BCUT2D eigenvalue weighted by atomic mass is 10.1. The van der Waals surface area contributed by atoms with Gasteiger partial charge in [0.05, 0.1) is 5.56 Å². The Bertz CT molecular complexity index is 661. The molecule has 0 atom stereocenters. The number of fused-ring (bicyclic) bond motifs is 1.